The van der Waals surface area contributed by atoms with Crippen molar-refractivity contribution in [2.75, 3.05) is 0 Å². The predicted molar refractivity (Wildman–Crippen MR) is 188 cm³/mol. The largest absolute Gasteiger partial charge is 2.00 e. The molecular formula is C42H40N4OPd. The number of ether oxygens (including phenoxy) is 1. The van der Waals surface area contributed by atoms with E-state index >= 15 is 0 Å². The van der Waals surface area contributed by atoms with E-state index in [1.807, 2.05) is 24.5 Å². The van der Waals surface area contributed by atoms with Gasteiger partial charge in [0.15, 0.2) is 0 Å². The number of hydrogen-bond acceptors (Lipinski definition) is 3. The van der Waals surface area contributed by atoms with E-state index in [9.17, 15) is 0 Å². The molecule has 0 N–H and O–H groups in total. The second kappa shape index (κ2) is 10.9. The van der Waals surface area contributed by atoms with Gasteiger partial charge >= 0.3 is 20.4 Å². The SMILES string of the molecule is CC1(C)c2ccc(Oc3[c-]c4c(cc3)C(C)(C)C(C)(C)c3c(-c5ccccc5)cnn3-4)[c-]c2-n2ncc(-c3ccccc3)c2C1(C)C.[Pd+2]. The second-order valence-electron chi connectivity index (χ2n) is 15.1. The van der Waals surface area contributed by atoms with Crippen molar-refractivity contribution in [3.05, 3.63) is 132 Å². The molecule has 2 aliphatic heterocycles. The van der Waals surface area contributed by atoms with E-state index in [2.05, 4.69) is 150 Å². The zero-order valence-corrected chi connectivity index (χ0v) is 30.3. The molecule has 0 unspecified atom stereocenters. The first-order valence-corrected chi connectivity index (χ1v) is 16.4. The molecule has 0 bridgehead atoms. The Morgan fingerprint density at radius 3 is 1.25 bits per heavy atom. The van der Waals surface area contributed by atoms with Gasteiger partial charge < -0.3 is 4.74 Å². The van der Waals surface area contributed by atoms with Gasteiger partial charge in [-0.25, -0.2) is 0 Å². The summed E-state index contributed by atoms with van der Waals surface area (Å²) in [4.78, 5) is 0. The number of nitrogens with zero attached hydrogens (tertiary/aromatic N) is 4. The molecule has 0 fully saturated rings. The summed E-state index contributed by atoms with van der Waals surface area (Å²) in [5, 5.41) is 9.87. The third-order valence-corrected chi connectivity index (χ3v) is 11.8. The third-order valence-electron chi connectivity index (χ3n) is 11.8. The standard InChI is InChI=1S/C42H40N4O.Pd/c1-39(2)33-21-19-29(23-35(33)45-37(41(39,5)6)31(25-43-45)27-15-11-9-12-16-27)47-30-20-22-34-36(24-30)46-38(42(7,8)40(34,3)4)32(26-44-46)28-17-13-10-14-18-28;/h9-22,25-26H,1-8H3;/q-2;+2. The number of hydrogen-bond donors (Lipinski definition) is 0. The molecule has 0 aliphatic carbocycles. The van der Waals surface area contributed by atoms with Gasteiger partial charge in [0, 0.05) is 33.5 Å². The van der Waals surface area contributed by atoms with Gasteiger partial charge in [-0.1, -0.05) is 116 Å². The van der Waals surface area contributed by atoms with Crippen molar-refractivity contribution in [2.24, 2.45) is 0 Å². The molecule has 0 atom stereocenters. The number of aromatic nitrogens is 4. The molecule has 0 saturated carbocycles. The molecule has 4 aromatic carbocycles. The Labute approximate surface area is 297 Å². The minimum atomic E-state index is -0.190. The molecule has 2 aliphatic rings. The van der Waals surface area contributed by atoms with E-state index in [1.165, 1.54) is 22.5 Å². The van der Waals surface area contributed by atoms with Crippen LogP contribution in [0.4, 0.5) is 0 Å². The Morgan fingerprint density at radius 1 is 0.500 bits per heavy atom. The van der Waals surface area contributed by atoms with Gasteiger partial charge in [0.05, 0.1) is 23.8 Å². The fourth-order valence-corrected chi connectivity index (χ4v) is 7.67. The Bertz CT molecular complexity index is 2020. The van der Waals surface area contributed by atoms with Crippen molar-refractivity contribution in [1.82, 2.24) is 19.6 Å². The van der Waals surface area contributed by atoms with Crippen LogP contribution < -0.4 is 4.74 Å². The zero-order chi connectivity index (χ0) is 32.9. The van der Waals surface area contributed by atoms with Crippen LogP contribution in [0.2, 0.25) is 0 Å². The van der Waals surface area contributed by atoms with Gasteiger partial charge in [0.1, 0.15) is 0 Å². The molecule has 0 spiro atoms. The monoisotopic (exact) mass is 722 g/mol. The maximum absolute atomic E-state index is 6.57. The fraction of sp³-hybridized carbons (Fsp3) is 0.286. The average Bonchev–Trinajstić information content (AvgIpc) is 3.71. The van der Waals surface area contributed by atoms with Crippen LogP contribution in [-0.2, 0) is 42.1 Å². The summed E-state index contributed by atoms with van der Waals surface area (Å²) in [6, 6.07) is 36.7. The molecule has 244 valence electrons. The maximum atomic E-state index is 6.57. The van der Waals surface area contributed by atoms with Crippen LogP contribution >= 0.6 is 0 Å². The summed E-state index contributed by atoms with van der Waals surface area (Å²) in [6.45, 7) is 18.5. The number of rotatable bonds is 4. The molecule has 6 heteroatoms. The van der Waals surface area contributed by atoms with E-state index in [1.54, 1.807) is 0 Å². The van der Waals surface area contributed by atoms with Crippen molar-refractivity contribution < 1.29 is 25.2 Å². The van der Waals surface area contributed by atoms with Crippen LogP contribution in [-0.4, -0.2) is 19.6 Å². The van der Waals surface area contributed by atoms with Crippen molar-refractivity contribution in [3.8, 4) is 45.1 Å². The van der Waals surface area contributed by atoms with Gasteiger partial charge in [-0.05, 0) is 33.3 Å². The predicted octanol–water partition coefficient (Wildman–Crippen LogP) is 9.92. The summed E-state index contributed by atoms with van der Waals surface area (Å²) < 4.78 is 10.7. The third kappa shape index (κ3) is 4.39. The smallest absolute Gasteiger partial charge is 0.509 e. The summed E-state index contributed by atoms with van der Waals surface area (Å²) in [7, 11) is 0. The van der Waals surface area contributed by atoms with E-state index in [0.717, 1.165) is 33.6 Å². The van der Waals surface area contributed by atoms with Crippen LogP contribution in [0.5, 0.6) is 11.5 Å². The molecule has 0 amide bonds. The topological polar surface area (TPSA) is 44.9 Å². The van der Waals surface area contributed by atoms with Crippen LogP contribution in [0.25, 0.3) is 33.6 Å². The summed E-state index contributed by atoms with van der Waals surface area (Å²) >= 11 is 0. The van der Waals surface area contributed by atoms with Gasteiger partial charge in [-0.15, -0.1) is 35.4 Å². The number of benzene rings is 4. The van der Waals surface area contributed by atoms with Crippen molar-refractivity contribution in [3.63, 3.8) is 0 Å². The molecule has 0 saturated heterocycles. The van der Waals surface area contributed by atoms with Crippen molar-refractivity contribution >= 4 is 0 Å². The minimum Gasteiger partial charge on any atom is -0.509 e. The molecule has 6 aromatic rings. The molecule has 5 nitrogen and oxygen atoms in total. The van der Waals surface area contributed by atoms with E-state index in [0.29, 0.717) is 11.5 Å². The second-order valence-corrected chi connectivity index (χ2v) is 15.1. The van der Waals surface area contributed by atoms with Crippen LogP contribution in [0.15, 0.2) is 97.3 Å². The molecule has 0 radical (unpaired) electrons. The van der Waals surface area contributed by atoms with Crippen LogP contribution in [0.1, 0.15) is 77.9 Å². The van der Waals surface area contributed by atoms with E-state index in [4.69, 9.17) is 14.9 Å². The van der Waals surface area contributed by atoms with Gasteiger partial charge in [-0.3, -0.25) is 9.36 Å². The Kier molecular flexibility index (Phi) is 7.33. The normalized spacial score (nSPS) is 17.2. The van der Waals surface area contributed by atoms with Crippen molar-refractivity contribution in [1.29, 1.82) is 0 Å². The van der Waals surface area contributed by atoms with Crippen molar-refractivity contribution in [2.45, 2.75) is 77.0 Å². The van der Waals surface area contributed by atoms with Gasteiger partial charge in [0.25, 0.3) is 0 Å². The van der Waals surface area contributed by atoms with Gasteiger partial charge in [-0.2, -0.15) is 22.3 Å². The zero-order valence-electron chi connectivity index (χ0n) is 28.8. The molecule has 2 aromatic heterocycles. The van der Waals surface area contributed by atoms with Crippen LogP contribution in [0, 0.1) is 12.1 Å². The molecule has 4 heterocycles. The summed E-state index contributed by atoms with van der Waals surface area (Å²) in [5.74, 6) is 1.25. The molecule has 48 heavy (non-hydrogen) atoms. The number of fused-ring (bicyclic) bond motifs is 6. The summed E-state index contributed by atoms with van der Waals surface area (Å²) in [5.41, 5.74) is 10.5. The first-order valence-electron chi connectivity index (χ1n) is 16.4. The first kappa shape index (κ1) is 32.3. The molecule has 8 rings (SSSR count). The fourth-order valence-electron chi connectivity index (χ4n) is 7.67. The van der Waals surface area contributed by atoms with E-state index < -0.39 is 0 Å². The minimum absolute atomic E-state index is 0. The maximum Gasteiger partial charge on any atom is 2.00 e. The Balaban J connectivity index is 0.00000364. The molecular weight excluding hydrogens is 683 g/mol. The Hall–Kier alpha value is -4.24. The quantitative estimate of drug-likeness (QED) is 0.134. The average molecular weight is 723 g/mol. The summed E-state index contributed by atoms with van der Waals surface area (Å²) in [6.07, 6.45) is 3.98. The Morgan fingerprint density at radius 2 is 0.875 bits per heavy atom. The van der Waals surface area contributed by atoms with Gasteiger partial charge in [0.2, 0.25) is 0 Å². The first-order chi connectivity index (χ1) is 22.3. The van der Waals surface area contributed by atoms with Crippen LogP contribution in [0.3, 0.4) is 0 Å². The van der Waals surface area contributed by atoms with E-state index in [-0.39, 0.29) is 42.1 Å².